The molecule has 0 saturated heterocycles. The van der Waals surface area contributed by atoms with Crippen molar-refractivity contribution in [3.05, 3.63) is 65.5 Å². The number of carbonyl (C=O) groups excluding carboxylic acids is 2. The highest BCUT2D eigenvalue weighted by Crippen LogP contribution is 2.15. The van der Waals surface area contributed by atoms with Crippen LogP contribution in [0.1, 0.15) is 44.7 Å². The quantitative estimate of drug-likeness (QED) is 0.592. The summed E-state index contributed by atoms with van der Waals surface area (Å²) in [5, 5.41) is 2.85. The molecule has 0 bridgehead atoms. The van der Waals surface area contributed by atoms with Gasteiger partial charge in [-0.25, -0.2) is 4.39 Å². The molecule has 0 heterocycles. The summed E-state index contributed by atoms with van der Waals surface area (Å²) in [7, 11) is 0. The normalized spacial score (nSPS) is 11.8. The Labute approximate surface area is 178 Å². The number of amides is 2. The Morgan fingerprint density at radius 2 is 1.67 bits per heavy atom. The van der Waals surface area contributed by atoms with Gasteiger partial charge in [-0.1, -0.05) is 29.8 Å². The number of hydrogen-bond donors (Lipinski definition) is 1. The van der Waals surface area contributed by atoms with E-state index in [0.29, 0.717) is 13.0 Å². The molecular formula is C24H31FN2O3. The molecule has 0 fully saturated rings. The fourth-order valence-electron chi connectivity index (χ4n) is 2.97. The van der Waals surface area contributed by atoms with Crippen LogP contribution in [0.4, 0.5) is 4.39 Å². The minimum atomic E-state index is -0.636. The summed E-state index contributed by atoms with van der Waals surface area (Å²) in [5.41, 5.74) is 1.92. The van der Waals surface area contributed by atoms with E-state index in [1.165, 1.54) is 17.0 Å². The first-order valence-electron chi connectivity index (χ1n) is 10.3. The molecule has 0 aliphatic carbocycles. The molecule has 1 unspecified atom stereocenters. The van der Waals surface area contributed by atoms with Gasteiger partial charge < -0.3 is 15.0 Å². The van der Waals surface area contributed by atoms with E-state index in [9.17, 15) is 14.0 Å². The van der Waals surface area contributed by atoms with E-state index in [1.807, 2.05) is 45.0 Å². The van der Waals surface area contributed by atoms with Gasteiger partial charge in [0.15, 0.2) is 0 Å². The molecule has 0 aromatic heterocycles. The fourth-order valence-corrected chi connectivity index (χ4v) is 2.97. The van der Waals surface area contributed by atoms with Crippen LogP contribution in [0.3, 0.4) is 0 Å². The maximum Gasteiger partial charge on any atom is 0.242 e. The Bertz CT molecular complexity index is 819. The largest absolute Gasteiger partial charge is 0.494 e. The van der Waals surface area contributed by atoms with Crippen LogP contribution in [0, 0.1) is 12.7 Å². The zero-order valence-electron chi connectivity index (χ0n) is 18.2. The third kappa shape index (κ3) is 7.50. The van der Waals surface area contributed by atoms with E-state index in [1.54, 1.807) is 19.1 Å². The topological polar surface area (TPSA) is 58.6 Å². The van der Waals surface area contributed by atoms with Crippen LogP contribution in [0.2, 0.25) is 0 Å². The van der Waals surface area contributed by atoms with Gasteiger partial charge in [0.05, 0.1) is 6.61 Å². The zero-order valence-corrected chi connectivity index (χ0v) is 18.2. The lowest BCUT2D eigenvalue weighted by Gasteiger charge is -2.29. The van der Waals surface area contributed by atoms with Crippen molar-refractivity contribution in [1.82, 2.24) is 10.2 Å². The van der Waals surface area contributed by atoms with Crippen LogP contribution < -0.4 is 10.1 Å². The summed E-state index contributed by atoms with van der Waals surface area (Å²) in [5.74, 6) is 0.0750. The predicted molar refractivity (Wildman–Crippen MR) is 116 cm³/mol. The van der Waals surface area contributed by atoms with E-state index in [2.05, 4.69) is 5.32 Å². The molecule has 5 nitrogen and oxygen atoms in total. The number of nitrogens with one attached hydrogen (secondary N) is 1. The molecule has 2 aromatic rings. The van der Waals surface area contributed by atoms with Crippen molar-refractivity contribution in [2.45, 2.75) is 59.2 Å². The highest BCUT2D eigenvalue weighted by atomic mass is 19.1. The average Bonchev–Trinajstić information content (AvgIpc) is 2.71. The van der Waals surface area contributed by atoms with Gasteiger partial charge in [0.2, 0.25) is 11.8 Å². The summed E-state index contributed by atoms with van der Waals surface area (Å²) in [6, 6.07) is 13.0. The van der Waals surface area contributed by atoms with E-state index in [4.69, 9.17) is 4.74 Å². The van der Waals surface area contributed by atoms with Gasteiger partial charge >= 0.3 is 0 Å². The summed E-state index contributed by atoms with van der Waals surface area (Å²) < 4.78 is 18.9. The highest BCUT2D eigenvalue weighted by Gasteiger charge is 2.26. The molecule has 0 aliphatic heterocycles. The predicted octanol–water partition coefficient (Wildman–Crippen LogP) is 4.24. The Hall–Kier alpha value is -2.89. The lowest BCUT2D eigenvalue weighted by atomic mass is 10.1. The van der Waals surface area contributed by atoms with Gasteiger partial charge in [-0.05, 0) is 63.9 Å². The van der Waals surface area contributed by atoms with Crippen molar-refractivity contribution in [2.24, 2.45) is 0 Å². The lowest BCUT2D eigenvalue weighted by molar-refractivity contribution is -0.141. The SMILES string of the molecule is Cc1ccc(OCCCC(=O)N(Cc2ccc(F)cc2)C(C)C(=O)NC(C)C)cc1. The molecule has 1 atom stereocenters. The molecule has 1 N–H and O–H groups in total. The van der Waals surface area contributed by atoms with E-state index in [-0.39, 0.29) is 36.6 Å². The highest BCUT2D eigenvalue weighted by molar-refractivity contribution is 5.87. The Morgan fingerprint density at radius 1 is 1.03 bits per heavy atom. The van der Waals surface area contributed by atoms with Gasteiger partial charge in [-0.15, -0.1) is 0 Å². The number of rotatable bonds is 10. The van der Waals surface area contributed by atoms with E-state index < -0.39 is 6.04 Å². The van der Waals surface area contributed by atoms with Gasteiger partial charge in [-0.3, -0.25) is 9.59 Å². The molecule has 2 rings (SSSR count). The van der Waals surface area contributed by atoms with Crippen molar-refractivity contribution < 1.29 is 18.7 Å². The third-order valence-electron chi connectivity index (χ3n) is 4.69. The van der Waals surface area contributed by atoms with Crippen LogP contribution in [0.25, 0.3) is 0 Å². The number of ether oxygens (including phenoxy) is 1. The van der Waals surface area contributed by atoms with Crippen LogP contribution in [-0.2, 0) is 16.1 Å². The first-order chi connectivity index (χ1) is 14.3. The summed E-state index contributed by atoms with van der Waals surface area (Å²) in [4.78, 5) is 27.0. The van der Waals surface area contributed by atoms with Gasteiger partial charge in [-0.2, -0.15) is 0 Å². The number of aryl methyl sites for hydroxylation is 1. The van der Waals surface area contributed by atoms with E-state index >= 15 is 0 Å². The number of nitrogens with zero attached hydrogens (tertiary/aromatic N) is 1. The molecule has 2 aromatic carbocycles. The second kappa shape index (κ2) is 11.3. The maximum atomic E-state index is 13.2. The average molecular weight is 415 g/mol. The Kier molecular flexibility index (Phi) is 8.84. The van der Waals surface area contributed by atoms with Gasteiger partial charge in [0.1, 0.15) is 17.6 Å². The molecule has 6 heteroatoms. The second-order valence-electron chi connectivity index (χ2n) is 7.75. The first kappa shape index (κ1) is 23.4. The molecule has 0 radical (unpaired) electrons. The third-order valence-corrected chi connectivity index (χ3v) is 4.69. The van der Waals surface area contributed by atoms with Crippen molar-refractivity contribution in [1.29, 1.82) is 0 Å². The van der Waals surface area contributed by atoms with Crippen molar-refractivity contribution in [3.63, 3.8) is 0 Å². The van der Waals surface area contributed by atoms with Crippen molar-refractivity contribution in [3.8, 4) is 5.75 Å². The van der Waals surface area contributed by atoms with Crippen molar-refractivity contribution in [2.75, 3.05) is 6.61 Å². The van der Waals surface area contributed by atoms with Gasteiger partial charge in [0, 0.05) is 19.0 Å². The van der Waals surface area contributed by atoms with E-state index in [0.717, 1.165) is 16.9 Å². The molecular weight excluding hydrogens is 383 g/mol. The lowest BCUT2D eigenvalue weighted by Crippen LogP contribution is -2.49. The monoisotopic (exact) mass is 414 g/mol. The van der Waals surface area contributed by atoms with Gasteiger partial charge in [0.25, 0.3) is 0 Å². The summed E-state index contributed by atoms with van der Waals surface area (Å²) >= 11 is 0. The molecule has 0 aliphatic rings. The molecule has 30 heavy (non-hydrogen) atoms. The molecule has 0 saturated carbocycles. The molecule has 0 spiro atoms. The fraction of sp³-hybridized carbons (Fsp3) is 0.417. The van der Waals surface area contributed by atoms with Crippen LogP contribution in [-0.4, -0.2) is 35.4 Å². The number of hydrogen-bond acceptors (Lipinski definition) is 3. The summed E-state index contributed by atoms with van der Waals surface area (Å²) in [6.45, 7) is 8.12. The minimum absolute atomic E-state index is 0.0226. The maximum absolute atomic E-state index is 13.2. The second-order valence-corrected chi connectivity index (χ2v) is 7.75. The Balaban J connectivity index is 1.98. The number of halogens is 1. The number of benzene rings is 2. The smallest absolute Gasteiger partial charge is 0.242 e. The standard InChI is InChI=1S/C24H31FN2O3/c1-17(2)26-24(29)19(4)27(16-20-9-11-21(25)12-10-20)23(28)6-5-15-30-22-13-7-18(3)8-14-22/h7-14,17,19H,5-6,15-16H2,1-4H3,(H,26,29). The van der Waals surface area contributed by atoms with Crippen LogP contribution >= 0.6 is 0 Å². The zero-order chi connectivity index (χ0) is 22.1. The Morgan fingerprint density at radius 3 is 2.27 bits per heavy atom. The minimum Gasteiger partial charge on any atom is -0.494 e. The van der Waals surface area contributed by atoms with Crippen molar-refractivity contribution >= 4 is 11.8 Å². The van der Waals surface area contributed by atoms with Crippen LogP contribution in [0.5, 0.6) is 5.75 Å². The number of carbonyl (C=O) groups is 2. The molecule has 162 valence electrons. The molecule has 2 amide bonds. The first-order valence-corrected chi connectivity index (χ1v) is 10.3. The van der Waals surface area contributed by atoms with Crippen LogP contribution in [0.15, 0.2) is 48.5 Å². The summed E-state index contributed by atoms with van der Waals surface area (Å²) in [6.07, 6.45) is 0.789.